The highest BCUT2D eigenvalue weighted by Gasteiger charge is 2.28. The van der Waals surface area contributed by atoms with Gasteiger partial charge in [0.25, 0.3) is 0 Å². The van der Waals surface area contributed by atoms with Gasteiger partial charge in [-0.05, 0) is 45.2 Å². The zero-order valence-corrected chi connectivity index (χ0v) is 19.6. The molecule has 2 amide bonds. The van der Waals surface area contributed by atoms with Crippen molar-refractivity contribution in [2.24, 2.45) is 0 Å². The van der Waals surface area contributed by atoms with Crippen molar-refractivity contribution in [3.05, 3.63) is 46.9 Å². The number of halogens is 1. The van der Waals surface area contributed by atoms with Crippen LogP contribution in [-0.2, 0) is 16.0 Å². The Hall–Kier alpha value is -2.87. The molecule has 2 aromatic heterocycles. The van der Waals surface area contributed by atoms with Gasteiger partial charge in [0, 0.05) is 37.0 Å². The fraction of sp³-hybridized carbons (Fsp3) is 0.478. The van der Waals surface area contributed by atoms with Crippen LogP contribution in [0.15, 0.2) is 30.6 Å². The van der Waals surface area contributed by atoms with E-state index in [-0.39, 0.29) is 24.3 Å². The second kappa shape index (κ2) is 10.2. The van der Waals surface area contributed by atoms with Crippen LogP contribution < -0.4 is 10.1 Å². The quantitative estimate of drug-likeness (QED) is 0.709. The second-order valence-electron chi connectivity index (χ2n) is 8.79. The fourth-order valence-corrected chi connectivity index (χ4v) is 3.69. The third kappa shape index (κ3) is 6.56. The van der Waals surface area contributed by atoms with E-state index in [0.29, 0.717) is 29.7 Å². The minimum atomic E-state index is -0.517. The fourth-order valence-electron chi connectivity index (χ4n) is 3.51. The van der Waals surface area contributed by atoms with E-state index in [4.69, 9.17) is 21.1 Å². The SMILES string of the molecule is COc1cc(NC(=O)Cc2ccc(C3CCCN(C(=O)OC(C)(C)C)C3)nc2)ncc1Cl. The lowest BCUT2D eigenvalue weighted by molar-refractivity contribution is -0.115. The number of methoxy groups -OCH3 is 1. The van der Waals surface area contributed by atoms with Gasteiger partial charge in [-0.15, -0.1) is 0 Å². The molecule has 0 radical (unpaired) electrons. The second-order valence-corrected chi connectivity index (χ2v) is 9.19. The van der Waals surface area contributed by atoms with Gasteiger partial charge in [-0.3, -0.25) is 9.78 Å². The maximum absolute atomic E-state index is 12.4. The van der Waals surface area contributed by atoms with Crippen molar-refractivity contribution in [1.29, 1.82) is 0 Å². The Morgan fingerprint density at radius 3 is 2.69 bits per heavy atom. The van der Waals surface area contributed by atoms with Gasteiger partial charge in [0.2, 0.25) is 5.91 Å². The first-order valence-corrected chi connectivity index (χ1v) is 10.9. The molecule has 1 atom stereocenters. The summed E-state index contributed by atoms with van der Waals surface area (Å²) in [5.41, 5.74) is 1.18. The molecule has 0 aromatic carbocycles. The van der Waals surface area contributed by atoms with Gasteiger partial charge in [0.05, 0.1) is 19.7 Å². The number of likely N-dealkylation sites (tertiary alicyclic amines) is 1. The summed E-state index contributed by atoms with van der Waals surface area (Å²) in [5, 5.41) is 3.11. The van der Waals surface area contributed by atoms with Gasteiger partial charge >= 0.3 is 6.09 Å². The Balaban J connectivity index is 1.57. The summed E-state index contributed by atoms with van der Waals surface area (Å²) >= 11 is 5.96. The number of carbonyl (C=O) groups is 2. The van der Waals surface area contributed by atoms with Crippen LogP contribution in [0.1, 0.15) is 50.8 Å². The summed E-state index contributed by atoms with van der Waals surface area (Å²) in [6.07, 6.45) is 4.86. The molecule has 1 aliphatic rings. The van der Waals surface area contributed by atoms with Crippen molar-refractivity contribution in [3.8, 4) is 5.75 Å². The van der Waals surface area contributed by atoms with Crippen LogP contribution in [0.25, 0.3) is 0 Å². The van der Waals surface area contributed by atoms with E-state index in [1.807, 2.05) is 32.9 Å². The number of carbonyl (C=O) groups excluding carboxylic acids is 2. The number of anilines is 1. The van der Waals surface area contributed by atoms with Crippen LogP contribution in [0.4, 0.5) is 10.6 Å². The smallest absolute Gasteiger partial charge is 0.410 e. The van der Waals surface area contributed by atoms with Gasteiger partial charge in [-0.25, -0.2) is 9.78 Å². The Bertz CT molecular complexity index is 959. The number of pyridine rings is 2. The van der Waals surface area contributed by atoms with Gasteiger partial charge in [-0.2, -0.15) is 0 Å². The first-order valence-electron chi connectivity index (χ1n) is 10.6. The summed E-state index contributed by atoms with van der Waals surface area (Å²) < 4.78 is 10.6. The normalized spacial score (nSPS) is 16.4. The average Bonchev–Trinajstić information content (AvgIpc) is 2.74. The molecule has 9 heteroatoms. The number of amides is 2. The molecule has 2 aromatic rings. The van der Waals surface area contributed by atoms with Gasteiger partial charge < -0.3 is 19.7 Å². The van der Waals surface area contributed by atoms with E-state index >= 15 is 0 Å². The van der Waals surface area contributed by atoms with Crippen molar-refractivity contribution >= 4 is 29.4 Å². The maximum atomic E-state index is 12.4. The van der Waals surface area contributed by atoms with Crippen LogP contribution in [0.3, 0.4) is 0 Å². The van der Waals surface area contributed by atoms with Crippen LogP contribution in [0.2, 0.25) is 5.02 Å². The molecule has 0 saturated carbocycles. The highest BCUT2D eigenvalue weighted by molar-refractivity contribution is 6.32. The van der Waals surface area contributed by atoms with Crippen molar-refractivity contribution in [3.63, 3.8) is 0 Å². The van der Waals surface area contributed by atoms with Crippen LogP contribution in [0, 0.1) is 0 Å². The molecule has 8 nitrogen and oxygen atoms in total. The molecule has 1 saturated heterocycles. The number of piperidine rings is 1. The number of hydrogen-bond acceptors (Lipinski definition) is 6. The number of hydrogen-bond donors (Lipinski definition) is 1. The first-order chi connectivity index (χ1) is 15.1. The largest absolute Gasteiger partial charge is 0.495 e. The van der Waals surface area contributed by atoms with Gasteiger partial charge in [0.15, 0.2) is 0 Å². The molecule has 32 heavy (non-hydrogen) atoms. The molecule has 0 aliphatic carbocycles. The summed E-state index contributed by atoms with van der Waals surface area (Å²) in [6, 6.07) is 5.39. The maximum Gasteiger partial charge on any atom is 0.410 e. The standard InChI is InChI=1S/C23H29ClN4O4/c1-23(2,3)32-22(30)28-9-5-6-16(14-28)18-8-7-15(12-25-18)10-21(29)27-20-11-19(31-4)17(24)13-26-20/h7-8,11-13,16H,5-6,9-10,14H2,1-4H3,(H,26,27,29). The van der Waals surface area contributed by atoms with Crippen LogP contribution in [0.5, 0.6) is 5.75 Å². The molecule has 3 rings (SSSR count). The van der Waals surface area contributed by atoms with Crippen LogP contribution in [-0.4, -0.2) is 52.7 Å². The van der Waals surface area contributed by atoms with Crippen molar-refractivity contribution in [1.82, 2.24) is 14.9 Å². The summed E-state index contributed by atoms with van der Waals surface area (Å²) in [7, 11) is 1.50. The lowest BCUT2D eigenvalue weighted by Crippen LogP contribution is -2.42. The van der Waals surface area contributed by atoms with E-state index in [9.17, 15) is 9.59 Å². The first kappa shape index (κ1) is 23.8. The minimum Gasteiger partial charge on any atom is -0.495 e. The van der Waals surface area contributed by atoms with Crippen molar-refractivity contribution in [2.45, 2.75) is 51.6 Å². The molecule has 1 fully saturated rings. The lowest BCUT2D eigenvalue weighted by atomic mass is 9.94. The van der Waals surface area contributed by atoms with E-state index in [1.165, 1.54) is 13.3 Å². The Labute approximate surface area is 193 Å². The molecule has 0 bridgehead atoms. The van der Waals surface area contributed by atoms with E-state index in [0.717, 1.165) is 24.1 Å². The molecule has 1 N–H and O–H groups in total. The van der Waals surface area contributed by atoms with Crippen LogP contribution >= 0.6 is 11.6 Å². The number of rotatable bonds is 5. The molecule has 1 unspecified atom stereocenters. The Morgan fingerprint density at radius 2 is 2.03 bits per heavy atom. The number of ether oxygens (including phenoxy) is 2. The number of nitrogens with one attached hydrogen (secondary N) is 1. The molecule has 1 aliphatic heterocycles. The van der Waals surface area contributed by atoms with E-state index in [1.54, 1.807) is 17.2 Å². The molecular formula is C23H29ClN4O4. The predicted octanol–water partition coefficient (Wildman–Crippen LogP) is 4.43. The number of aromatic nitrogens is 2. The monoisotopic (exact) mass is 460 g/mol. The summed E-state index contributed by atoms with van der Waals surface area (Å²) in [6.45, 7) is 6.85. The molecule has 172 valence electrons. The zero-order valence-electron chi connectivity index (χ0n) is 18.9. The Kier molecular flexibility index (Phi) is 7.56. The highest BCUT2D eigenvalue weighted by Crippen LogP contribution is 2.27. The number of nitrogens with zero attached hydrogens (tertiary/aromatic N) is 3. The topological polar surface area (TPSA) is 93.7 Å². The minimum absolute atomic E-state index is 0.143. The summed E-state index contributed by atoms with van der Waals surface area (Å²) in [4.78, 5) is 35.2. The zero-order chi connectivity index (χ0) is 23.3. The predicted molar refractivity (Wildman–Crippen MR) is 122 cm³/mol. The molecule has 3 heterocycles. The Morgan fingerprint density at radius 1 is 1.25 bits per heavy atom. The molecule has 0 spiro atoms. The van der Waals surface area contributed by atoms with Crippen molar-refractivity contribution < 1.29 is 19.1 Å². The van der Waals surface area contributed by atoms with Gasteiger partial charge in [0.1, 0.15) is 22.2 Å². The van der Waals surface area contributed by atoms with E-state index < -0.39 is 5.60 Å². The third-order valence-electron chi connectivity index (χ3n) is 5.01. The van der Waals surface area contributed by atoms with Crippen molar-refractivity contribution in [2.75, 3.05) is 25.5 Å². The van der Waals surface area contributed by atoms with Gasteiger partial charge in [-0.1, -0.05) is 17.7 Å². The highest BCUT2D eigenvalue weighted by atomic mass is 35.5. The average molecular weight is 461 g/mol. The molecular weight excluding hydrogens is 432 g/mol. The summed E-state index contributed by atoms with van der Waals surface area (Å²) in [5.74, 6) is 0.733. The lowest BCUT2D eigenvalue weighted by Gasteiger charge is -2.34. The third-order valence-corrected chi connectivity index (χ3v) is 5.30. The van der Waals surface area contributed by atoms with E-state index in [2.05, 4.69) is 15.3 Å².